The van der Waals surface area contributed by atoms with Gasteiger partial charge in [0.15, 0.2) is 5.69 Å². The van der Waals surface area contributed by atoms with Gasteiger partial charge in [-0.25, -0.2) is 4.68 Å². The molecular weight excluding hydrogens is 292 g/mol. The summed E-state index contributed by atoms with van der Waals surface area (Å²) >= 11 is 5.81. The summed E-state index contributed by atoms with van der Waals surface area (Å²) < 4.78 is 1.38. The number of hydrogen-bond donors (Lipinski definition) is 2. The van der Waals surface area contributed by atoms with Crippen LogP contribution in [0.5, 0.6) is 0 Å². The summed E-state index contributed by atoms with van der Waals surface area (Å²) in [5.41, 5.74) is 1.53. The van der Waals surface area contributed by atoms with E-state index in [2.05, 4.69) is 10.3 Å². The number of aromatic nitrogens is 3. The van der Waals surface area contributed by atoms with Crippen LogP contribution in [0.2, 0.25) is 5.02 Å². The Hall–Kier alpha value is -2.20. The highest BCUT2D eigenvalue weighted by molar-refractivity contribution is 6.30. The van der Waals surface area contributed by atoms with Crippen molar-refractivity contribution in [3.63, 3.8) is 0 Å². The van der Waals surface area contributed by atoms with E-state index in [0.29, 0.717) is 10.7 Å². The van der Waals surface area contributed by atoms with Gasteiger partial charge in [0.1, 0.15) is 6.07 Å². The van der Waals surface area contributed by atoms with Crippen molar-refractivity contribution in [1.82, 2.24) is 15.0 Å². The van der Waals surface area contributed by atoms with Gasteiger partial charge in [0.2, 0.25) is 0 Å². The van der Waals surface area contributed by atoms with Crippen LogP contribution in [0, 0.1) is 11.3 Å². The minimum Gasteiger partial charge on any atom is -0.394 e. The van der Waals surface area contributed by atoms with Crippen LogP contribution in [0.15, 0.2) is 24.3 Å². The predicted molar refractivity (Wildman–Crippen MR) is 78.2 cm³/mol. The second-order valence-corrected chi connectivity index (χ2v) is 4.77. The number of halogens is 1. The highest BCUT2D eigenvalue weighted by Crippen LogP contribution is 2.14. The third-order valence-corrected chi connectivity index (χ3v) is 3.03. The maximum Gasteiger partial charge on any atom is 0.190 e. The topological polar surface area (TPSA) is 95.0 Å². The van der Waals surface area contributed by atoms with Crippen LogP contribution >= 0.6 is 11.6 Å². The van der Waals surface area contributed by atoms with E-state index in [1.807, 2.05) is 18.2 Å². The van der Waals surface area contributed by atoms with Crippen LogP contribution in [0.3, 0.4) is 0 Å². The lowest BCUT2D eigenvalue weighted by atomic mass is 10.2. The molecule has 7 heteroatoms. The summed E-state index contributed by atoms with van der Waals surface area (Å²) in [6, 6.07) is 9.13. The first kappa shape index (κ1) is 15.2. The van der Waals surface area contributed by atoms with E-state index in [1.165, 1.54) is 4.68 Å². The van der Waals surface area contributed by atoms with E-state index in [1.54, 1.807) is 24.3 Å². The Labute approximate surface area is 126 Å². The van der Waals surface area contributed by atoms with Crippen molar-refractivity contribution in [3.8, 4) is 6.07 Å². The molecule has 2 aromatic rings. The summed E-state index contributed by atoms with van der Waals surface area (Å²) in [6.45, 7) is -0.326. The lowest BCUT2D eigenvalue weighted by Crippen LogP contribution is -2.21. The van der Waals surface area contributed by atoms with Crippen molar-refractivity contribution in [2.45, 2.75) is 12.6 Å². The molecule has 0 spiro atoms. The van der Waals surface area contributed by atoms with Crippen molar-refractivity contribution in [2.75, 3.05) is 6.61 Å². The normalized spacial score (nSPS) is 12.5. The summed E-state index contributed by atoms with van der Waals surface area (Å²) in [5, 5.41) is 35.6. The van der Waals surface area contributed by atoms with Crippen LogP contribution in [0.4, 0.5) is 0 Å². The molecule has 1 heterocycles. The van der Waals surface area contributed by atoms with Crippen LogP contribution in [-0.2, 0) is 6.54 Å². The van der Waals surface area contributed by atoms with Gasteiger partial charge in [0, 0.05) is 5.02 Å². The molecule has 6 nitrogen and oxygen atoms in total. The molecule has 2 N–H and O–H groups in total. The highest BCUT2D eigenvalue weighted by Gasteiger charge is 2.12. The number of nitrogens with zero attached hydrogens (tertiary/aromatic N) is 4. The summed E-state index contributed by atoms with van der Waals surface area (Å²) in [4.78, 5) is 0. The van der Waals surface area contributed by atoms with Crippen molar-refractivity contribution in [1.29, 1.82) is 5.26 Å². The van der Waals surface area contributed by atoms with E-state index in [0.717, 1.165) is 5.56 Å². The average Bonchev–Trinajstić information content (AvgIpc) is 2.88. The van der Waals surface area contributed by atoms with Gasteiger partial charge in [-0.1, -0.05) is 35.0 Å². The minimum absolute atomic E-state index is 0.0610. The largest absolute Gasteiger partial charge is 0.394 e. The zero-order valence-electron chi connectivity index (χ0n) is 11.0. The zero-order chi connectivity index (χ0) is 15.2. The van der Waals surface area contributed by atoms with Crippen molar-refractivity contribution in [3.05, 3.63) is 46.2 Å². The van der Waals surface area contributed by atoms with Gasteiger partial charge in [-0.05, 0) is 23.8 Å². The summed E-state index contributed by atoms with van der Waals surface area (Å²) in [7, 11) is 0. The zero-order valence-corrected chi connectivity index (χ0v) is 11.8. The van der Waals surface area contributed by atoms with Gasteiger partial charge in [0.25, 0.3) is 0 Å². The fourth-order valence-electron chi connectivity index (χ4n) is 1.71. The van der Waals surface area contributed by atoms with E-state index in [9.17, 15) is 5.11 Å². The molecule has 21 heavy (non-hydrogen) atoms. The molecular formula is C14H13ClN4O2. The second kappa shape index (κ2) is 6.99. The first-order valence-electron chi connectivity index (χ1n) is 6.20. The fraction of sp³-hybridized carbons (Fsp3) is 0.214. The molecule has 2 rings (SSSR count). The maximum absolute atomic E-state index is 9.47. The molecule has 0 bridgehead atoms. The predicted octanol–water partition coefficient (Wildman–Crippen LogP) is 1.33. The summed E-state index contributed by atoms with van der Waals surface area (Å²) in [6.07, 6.45) is 2.52. The molecule has 1 aromatic carbocycles. The Morgan fingerprint density at radius 2 is 2.05 bits per heavy atom. The third kappa shape index (κ3) is 3.89. The monoisotopic (exact) mass is 304 g/mol. The minimum atomic E-state index is -0.957. The van der Waals surface area contributed by atoms with Gasteiger partial charge in [-0.3, -0.25) is 0 Å². The fourth-order valence-corrected chi connectivity index (χ4v) is 1.83. The maximum atomic E-state index is 9.47. The van der Waals surface area contributed by atoms with Gasteiger partial charge < -0.3 is 10.2 Å². The average molecular weight is 305 g/mol. The molecule has 0 aliphatic carbocycles. The smallest absolute Gasteiger partial charge is 0.190 e. The van der Waals surface area contributed by atoms with Gasteiger partial charge in [-0.2, -0.15) is 5.26 Å². The number of nitriles is 1. The van der Waals surface area contributed by atoms with Gasteiger partial charge in [-0.15, -0.1) is 5.10 Å². The molecule has 0 amide bonds. The van der Waals surface area contributed by atoms with Gasteiger partial charge >= 0.3 is 0 Å². The van der Waals surface area contributed by atoms with Gasteiger partial charge in [0.05, 0.1) is 24.9 Å². The van der Waals surface area contributed by atoms with E-state index < -0.39 is 6.10 Å². The number of rotatable bonds is 5. The standard InChI is InChI=1S/C14H13ClN4O2/c15-11-4-1-10(2-5-11)3-6-14-13(7-16)17-18-19(14)8-12(21)9-20/h1-6,12,20-21H,8-9H2/b6-3+. The number of aliphatic hydroxyl groups is 2. The first-order valence-corrected chi connectivity index (χ1v) is 6.58. The molecule has 1 atom stereocenters. The van der Waals surface area contributed by atoms with E-state index in [-0.39, 0.29) is 18.8 Å². The van der Waals surface area contributed by atoms with E-state index >= 15 is 0 Å². The molecule has 1 aromatic heterocycles. The third-order valence-electron chi connectivity index (χ3n) is 2.78. The Balaban J connectivity index is 2.27. The van der Waals surface area contributed by atoms with Crippen molar-refractivity contribution >= 4 is 23.8 Å². The van der Waals surface area contributed by atoms with Crippen LogP contribution in [-0.4, -0.2) is 37.9 Å². The molecule has 1 unspecified atom stereocenters. The lowest BCUT2D eigenvalue weighted by Gasteiger charge is -2.07. The molecule has 0 saturated heterocycles. The summed E-state index contributed by atoms with van der Waals surface area (Å²) in [5.74, 6) is 0. The lowest BCUT2D eigenvalue weighted by molar-refractivity contribution is 0.0776. The van der Waals surface area contributed by atoms with Crippen molar-refractivity contribution < 1.29 is 10.2 Å². The quantitative estimate of drug-likeness (QED) is 0.869. The molecule has 0 fully saturated rings. The van der Waals surface area contributed by atoms with Crippen molar-refractivity contribution in [2.24, 2.45) is 0 Å². The van der Waals surface area contributed by atoms with Crippen LogP contribution in [0.25, 0.3) is 12.2 Å². The highest BCUT2D eigenvalue weighted by atomic mass is 35.5. The molecule has 0 aliphatic rings. The van der Waals surface area contributed by atoms with Crippen LogP contribution < -0.4 is 0 Å². The molecule has 108 valence electrons. The Kier molecular flexibility index (Phi) is 5.06. The first-order chi connectivity index (χ1) is 10.1. The SMILES string of the molecule is N#Cc1nnn(CC(O)CO)c1/C=C/c1ccc(Cl)cc1. The number of aliphatic hydroxyl groups excluding tert-OH is 2. The molecule has 0 saturated carbocycles. The molecule has 0 aliphatic heterocycles. The Bertz CT molecular complexity index is 673. The Morgan fingerprint density at radius 1 is 1.33 bits per heavy atom. The molecule has 0 radical (unpaired) electrons. The van der Waals surface area contributed by atoms with E-state index in [4.69, 9.17) is 22.0 Å². The van der Waals surface area contributed by atoms with Crippen LogP contribution in [0.1, 0.15) is 17.0 Å². The number of benzene rings is 1. The second-order valence-electron chi connectivity index (χ2n) is 4.34. The number of hydrogen-bond acceptors (Lipinski definition) is 5. The Morgan fingerprint density at radius 3 is 2.67 bits per heavy atom.